The van der Waals surface area contributed by atoms with Gasteiger partial charge >= 0.3 is 0 Å². The van der Waals surface area contributed by atoms with E-state index in [1.165, 1.54) is 0 Å². The number of aromatic nitrogens is 2. The molecule has 0 N–H and O–H groups in total. The molecule has 3 rings (SSSR count). The molecule has 23 heavy (non-hydrogen) atoms. The summed E-state index contributed by atoms with van der Waals surface area (Å²) in [6, 6.07) is 13.6. The lowest BCUT2D eigenvalue weighted by Gasteiger charge is -2.10. The highest BCUT2D eigenvalue weighted by Crippen LogP contribution is 2.32. The Hall–Kier alpha value is -3.00. The molecule has 0 saturated carbocycles. The molecule has 0 saturated heterocycles. The number of rotatable bonds is 4. The van der Waals surface area contributed by atoms with Crippen LogP contribution < -0.4 is 9.47 Å². The van der Waals surface area contributed by atoms with Gasteiger partial charge in [0.15, 0.2) is 11.5 Å². The summed E-state index contributed by atoms with van der Waals surface area (Å²) >= 11 is 0. The van der Waals surface area contributed by atoms with Gasteiger partial charge in [0.25, 0.3) is 0 Å². The van der Waals surface area contributed by atoms with E-state index in [2.05, 4.69) is 15.6 Å². The molecular formula is C18H17N3O2. The van der Waals surface area contributed by atoms with Crippen LogP contribution in [-0.2, 0) is 6.54 Å². The van der Waals surface area contributed by atoms with Gasteiger partial charge in [-0.05, 0) is 24.6 Å². The molecule has 0 aliphatic heterocycles. The minimum atomic E-state index is 0.646. The molecule has 1 aromatic heterocycles. The van der Waals surface area contributed by atoms with Gasteiger partial charge in [-0.25, -0.2) is 4.98 Å². The van der Waals surface area contributed by atoms with Crippen LogP contribution in [0.5, 0.6) is 11.5 Å². The van der Waals surface area contributed by atoms with Gasteiger partial charge in [0.2, 0.25) is 0 Å². The highest BCUT2D eigenvalue weighted by Gasteiger charge is 2.13. The monoisotopic (exact) mass is 307 g/mol. The summed E-state index contributed by atoms with van der Waals surface area (Å²) in [4.78, 5) is 4.60. The molecule has 1 heterocycles. The van der Waals surface area contributed by atoms with E-state index in [0.29, 0.717) is 23.6 Å². The average molecular weight is 307 g/mol. The van der Waals surface area contributed by atoms with Crippen LogP contribution in [0.3, 0.4) is 0 Å². The highest BCUT2D eigenvalue weighted by atomic mass is 16.5. The quantitative estimate of drug-likeness (QED) is 0.742. The first-order valence-electron chi connectivity index (χ1n) is 7.24. The minimum Gasteiger partial charge on any atom is -0.493 e. The SMILES string of the molecule is COc1cc2nc(C)n(Cc3cccc(C#N)c3)c2cc1OC. The van der Waals surface area contributed by atoms with Gasteiger partial charge in [-0.2, -0.15) is 5.26 Å². The van der Waals surface area contributed by atoms with Crippen molar-refractivity contribution in [1.29, 1.82) is 5.26 Å². The second-order valence-corrected chi connectivity index (χ2v) is 5.25. The maximum atomic E-state index is 9.04. The Bertz CT molecular complexity index is 907. The van der Waals surface area contributed by atoms with Crippen molar-refractivity contribution in [3.05, 3.63) is 53.3 Å². The van der Waals surface area contributed by atoms with Crippen LogP contribution in [0.4, 0.5) is 0 Å². The normalized spacial score (nSPS) is 10.5. The molecule has 116 valence electrons. The smallest absolute Gasteiger partial charge is 0.163 e. The van der Waals surface area contributed by atoms with Crippen molar-refractivity contribution in [3.63, 3.8) is 0 Å². The summed E-state index contributed by atoms with van der Waals surface area (Å²) in [5.74, 6) is 2.24. The van der Waals surface area contributed by atoms with Crippen LogP contribution in [0.15, 0.2) is 36.4 Å². The fourth-order valence-electron chi connectivity index (χ4n) is 2.69. The zero-order valence-electron chi connectivity index (χ0n) is 13.3. The molecule has 2 aromatic carbocycles. The van der Waals surface area contributed by atoms with E-state index in [1.807, 2.05) is 37.3 Å². The van der Waals surface area contributed by atoms with Gasteiger partial charge in [0, 0.05) is 18.7 Å². The topological polar surface area (TPSA) is 60.1 Å². The Morgan fingerprint density at radius 2 is 1.87 bits per heavy atom. The van der Waals surface area contributed by atoms with Crippen LogP contribution in [0, 0.1) is 18.3 Å². The molecule has 0 fully saturated rings. The van der Waals surface area contributed by atoms with Crippen LogP contribution in [-0.4, -0.2) is 23.8 Å². The summed E-state index contributed by atoms with van der Waals surface area (Å²) in [5, 5.41) is 9.04. The molecule has 5 heteroatoms. The molecule has 5 nitrogen and oxygen atoms in total. The Balaban J connectivity index is 2.10. The number of nitriles is 1. The summed E-state index contributed by atoms with van der Waals surface area (Å²) in [5.41, 5.74) is 3.55. The van der Waals surface area contributed by atoms with E-state index in [-0.39, 0.29) is 0 Å². The van der Waals surface area contributed by atoms with Crippen molar-refractivity contribution >= 4 is 11.0 Å². The first kappa shape index (κ1) is 14.9. The molecule has 0 bridgehead atoms. The maximum absolute atomic E-state index is 9.04. The maximum Gasteiger partial charge on any atom is 0.163 e. The van der Waals surface area contributed by atoms with E-state index in [1.54, 1.807) is 20.3 Å². The summed E-state index contributed by atoms with van der Waals surface area (Å²) in [6.07, 6.45) is 0. The average Bonchev–Trinajstić information content (AvgIpc) is 2.88. The van der Waals surface area contributed by atoms with E-state index >= 15 is 0 Å². The Morgan fingerprint density at radius 3 is 2.57 bits per heavy atom. The Morgan fingerprint density at radius 1 is 1.13 bits per heavy atom. The van der Waals surface area contributed by atoms with Crippen molar-refractivity contribution in [1.82, 2.24) is 9.55 Å². The molecule has 0 atom stereocenters. The fourth-order valence-corrected chi connectivity index (χ4v) is 2.69. The lowest BCUT2D eigenvalue weighted by atomic mass is 10.1. The zero-order chi connectivity index (χ0) is 16.4. The predicted octanol–water partition coefficient (Wildman–Crippen LogP) is 3.28. The van der Waals surface area contributed by atoms with E-state index < -0.39 is 0 Å². The molecule has 0 amide bonds. The van der Waals surface area contributed by atoms with Crippen molar-refractivity contribution in [2.45, 2.75) is 13.5 Å². The number of aryl methyl sites for hydroxylation is 1. The number of imidazole rings is 1. The van der Waals surface area contributed by atoms with Crippen molar-refractivity contribution in [3.8, 4) is 17.6 Å². The number of nitrogens with zero attached hydrogens (tertiary/aromatic N) is 3. The number of hydrogen-bond acceptors (Lipinski definition) is 4. The van der Waals surface area contributed by atoms with Crippen molar-refractivity contribution in [2.24, 2.45) is 0 Å². The third-order valence-corrected chi connectivity index (χ3v) is 3.84. The Labute approximate surface area is 134 Å². The molecule has 0 spiro atoms. The van der Waals surface area contributed by atoms with Crippen LogP contribution >= 0.6 is 0 Å². The third-order valence-electron chi connectivity index (χ3n) is 3.84. The molecule has 0 unspecified atom stereocenters. The largest absolute Gasteiger partial charge is 0.493 e. The summed E-state index contributed by atoms with van der Waals surface area (Å²) in [6.45, 7) is 2.61. The second kappa shape index (κ2) is 6.01. The van der Waals surface area contributed by atoms with Crippen molar-refractivity contribution < 1.29 is 9.47 Å². The van der Waals surface area contributed by atoms with Gasteiger partial charge in [0.05, 0.1) is 36.9 Å². The van der Waals surface area contributed by atoms with Gasteiger partial charge < -0.3 is 14.0 Å². The van der Waals surface area contributed by atoms with Crippen molar-refractivity contribution in [2.75, 3.05) is 14.2 Å². The fraction of sp³-hybridized carbons (Fsp3) is 0.222. The number of benzene rings is 2. The molecule has 3 aromatic rings. The lowest BCUT2D eigenvalue weighted by Crippen LogP contribution is -2.02. The number of fused-ring (bicyclic) bond motifs is 1. The lowest BCUT2D eigenvalue weighted by molar-refractivity contribution is 0.355. The number of hydrogen-bond donors (Lipinski definition) is 0. The highest BCUT2D eigenvalue weighted by molar-refractivity contribution is 5.80. The van der Waals surface area contributed by atoms with Gasteiger partial charge in [-0.3, -0.25) is 0 Å². The van der Waals surface area contributed by atoms with E-state index in [4.69, 9.17) is 14.7 Å². The summed E-state index contributed by atoms with van der Waals surface area (Å²) < 4.78 is 12.8. The van der Waals surface area contributed by atoms with Crippen LogP contribution in [0.25, 0.3) is 11.0 Å². The van der Waals surface area contributed by atoms with Crippen LogP contribution in [0.2, 0.25) is 0 Å². The van der Waals surface area contributed by atoms with E-state index in [0.717, 1.165) is 22.4 Å². The number of methoxy groups -OCH3 is 2. The zero-order valence-corrected chi connectivity index (χ0v) is 13.3. The first-order valence-corrected chi connectivity index (χ1v) is 7.24. The predicted molar refractivity (Wildman–Crippen MR) is 87.8 cm³/mol. The molecule has 0 radical (unpaired) electrons. The van der Waals surface area contributed by atoms with Gasteiger partial charge in [-0.1, -0.05) is 12.1 Å². The first-order chi connectivity index (χ1) is 11.2. The van der Waals surface area contributed by atoms with Crippen LogP contribution in [0.1, 0.15) is 17.0 Å². The second-order valence-electron chi connectivity index (χ2n) is 5.25. The summed E-state index contributed by atoms with van der Waals surface area (Å²) in [7, 11) is 3.23. The molecule has 0 aliphatic rings. The number of ether oxygens (including phenoxy) is 2. The van der Waals surface area contributed by atoms with Gasteiger partial charge in [-0.15, -0.1) is 0 Å². The minimum absolute atomic E-state index is 0.646. The standard InChI is InChI=1S/C18H17N3O2/c1-12-20-15-8-17(22-2)18(23-3)9-16(15)21(12)11-14-6-4-5-13(7-14)10-19/h4-9H,11H2,1-3H3. The molecular weight excluding hydrogens is 290 g/mol. The van der Waals surface area contributed by atoms with Gasteiger partial charge in [0.1, 0.15) is 5.82 Å². The Kier molecular flexibility index (Phi) is 3.90. The van der Waals surface area contributed by atoms with E-state index in [9.17, 15) is 0 Å². The third kappa shape index (κ3) is 2.71. The molecule has 0 aliphatic carbocycles.